The van der Waals surface area contributed by atoms with Crippen molar-refractivity contribution in [1.29, 1.82) is 0 Å². The second-order valence-corrected chi connectivity index (χ2v) is 6.79. The maximum atomic E-state index is 12.6. The number of likely N-dealkylation sites (N-methyl/N-ethyl adjacent to an activating group) is 1. The molecule has 1 aliphatic heterocycles. The largest absolute Gasteiger partial charge is 0.497 e. The van der Waals surface area contributed by atoms with Gasteiger partial charge in [0.05, 0.1) is 18.5 Å². The number of carbonyl (C=O) groups excluding carboxylic acids is 2. The third-order valence-corrected chi connectivity index (χ3v) is 5.09. The van der Waals surface area contributed by atoms with Crippen molar-refractivity contribution in [3.05, 3.63) is 51.7 Å². The summed E-state index contributed by atoms with van der Waals surface area (Å²) in [6.07, 6.45) is 0.827. The van der Waals surface area contributed by atoms with Gasteiger partial charge in [-0.25, -0.2) is 0 Å². The molecule has 24 heavy (non-hydrogen) atoms. The molecule has 2 aromatic rings. The van der Waals surface area contributed by atoms with Gasteiger partial charge in [0.15, 0.2) is 0 Å². The number of rotatable bonds is 4. The van der Waals surface area contributed by atoms with Gasteiger partial charge in [-0.05, 0) is 41.1 Å². The quantitative estimate of drug-likeness (QED) is 0.856. The van der Waals surface area contributed by atoms with E-state index in [2.05, 4.69) is 6.07 Å². The molecule has 0 spiro atoms. The lowest BCUT2D eigenvalue weighted by molar-refractivity contribution is -0.132. The molecule has 0 aliphatic carbocycles. The average Bonchev–Trinajstić information content (AvgIpc) is 3.14. The molecule has 3 rings (SSSR count). The van der Waals surface area contributed by atoms with Crippen LogP contribution in [0.2, 0.25) is 0 Å². The molecule has 0 N–H and O–H groups in total. The van der Waals surface area contributed by atoms with E-state index in [0.717, 1.165) is 17.7 Å². The van der Waals surface area contributed by atoms with E-state index in [1.165, 1.54) is 21.8 Å². The summed E-state index contributed by atoms with van der Waals surface area (Å²) in [6.45, 7) is 1.33. The monoisotopic (exact) mass is 344 g/mol. The SMILES string of the molecule is COc1ccc2c(c1)CN(C(=O)CN(C)C(=O)c1cccs1)CC2. The Balaban J connectivity index is 1.64. The van der Waals surface area contributed by atoms with E-state index in [1.54, 1.807) is 25.1 Å². The van der Waals surface area contributed by atoms with Crippen molar-refractivity contribution in [1.82, 2.24) is 9.80 Å². The fourth-order valence-electron chi connectivity index (χ4n) is 2.84. The fraction of sp³-hybridized carbons (Fsp3) is 0.333. The molecule has 1 aromatic heterocycles. The summed E-state index contributed by atoms with van der Waals surface area (Å²) in [6, 6.07) is 9.60. The molecule has 2 amide bonds. The van der Waals surface area contributed by atoms with Crippen molar-refractivity contribution in [2.45, 2.75) is 13.0 Å². The van der Waals surface area contributed by atoms with Crippen LogP contribution in [0.15, 0.2) is 35.7 Å². The Bertz CT molecular complexity index is 743. The molecule has 2 heterocycles. The van der Waals surface area contributed by atoms with Crippen LogP contribution in [0.5, 0.6) is 5.75 Å². The number of carbonyl (C=O) groups is 2. The third kappa shape index (κ3) is 3.43. The summed E-state index contributed by atoms with van der Waals surface area (Å²) in [4.78, 5) is 28.7. The lowest BCUT2D eigenvalue weighted by atomic mass is 9.99. The molecule has 126 valence electrons. The standard InChI is InChI=1S/C18H20N2O3S/c1-19(18(22)16-4-3-9-24-16)12-17(21)20-8-7-13-5-6-15(23-2)10-14(13)11-20/h3-6,9-10H,7-8,11-12H2,1-2H3. The number of thiophene rings is 1. The first-order chi connectivity index (χ1) is 11.6. The van der Waals surface area contributed by atoms with Crippen LogP contribution >= 0.6 is 11.3 Å². The van der Waals surface area contributed by atoms with Crippen LogP contribution in [0.4, 0.5) is 0 Å². The number of methoxy groups -OCH3 is 1. The molecule has 6 heteroatoms. The highest BCUT2D eigenvalue weighted by Crippen LogP contribution is 2.24. The molecule has 0 unspecified atom stereocenters. The van der Waals surface area contributed by atoms with Crippen LogP contribution in [0, 0.1) is 0 Å². The van der Waals surface area contributed by atoms with Gasteiger partial charge >= 0.3 is 0 Å². The zero-order chi connectivity index (χ0) is 17.1. The summed E-state index contributed by atoms with van der Waals surface area (Å²) < 4.78 is 5.26. The molecule has 0 saturated carbocycles. The number of amides is 2. The third-order valence-electron chi connectivity index (χ3n) is 4.23. The van der Waals surface area contributed by atoms with Gasteiger partial charge in [0.1, 0.15) is 5.75 Å². The zero-order valence-electron chi connectivity index (χ0n) is 13.8. The van der Waals surface area contributed by atoms with E-state index in [9.17, 15) is 9.59 Å². The Kier molecular flexibility index (Phi) is 4.85. The van der Waals surface area contributed by atoms with Gasteiger partial charge in [-0.2, -0.15) is 0 Å². The topological polar surface area (TPSA) is 49.9 Å². The van der Waals surface area contributed by atoms with Gasteiger partial charge in [0.2, 0.25) is 5.91 Å². The van der Waals surface area contributed by atoms with Gasteiger partial charge in [-0.15, -0.1) is 11.3 Å². The lowest BCUT2D eigenvalue weighted by Gasteiger charge is -2.30. The minimum absolute atomic E-state index is 0.0316. The highest BCUT2D eigenvalue weighted by atomic mass is 32.1. The minimum atomic E-state index is -0.113. The summed E-state index contributed by atoms with van der Waals surface area (Å²) in [5, 5.41) is 1.86. The molecule has 0 bridgehead atoms. The number of hydrogen-bond donors (Lipinski definition) is 0. The fourth-order valence-corrected chi connectivity index (χ4v) is 3.55. The van der Waals surface area contributed by atoms with Crippen LogP contribution in [-0.4, -0.2) is 48.9 Å². The number of benzene rings is 1. The zero-order valence-corrected chi connectivity index (χ0v) is 14.6. The van der Waals surface area contributed by atoms with Crippen molar-refractivity contribution < 1.29 is 14.3 Å². The molecule has 0 saturated heterocycles. The molecule has 0 atom stereocenters. The first-order valence-corrected chi connectivity index (χ1v) is 8.69. The number of nitrogens with zero attached hydrogens (tertiary/aromatic N) is 2. The molecular formula is C18H20N2O3S. The van der Waals surface area contributed by atoms with E-state index >= 15 is 0 Å². The highest BCUT2D eigenvalue weighted by Gasteiger charge is 2.23. The summed E-state index contributed by atoms with van der Waals surface area (Å²) in [7, 11) is 3.31. The molecule has 5 nitrogen and oxygen atoms in total. The normalized spacial score (nSPS) is 13.3. The molecule has 1 aromatic carbocycles. The van der Waals surface area contributed by atoms with Crippen LogP contribution < -0.4 is 4.74 Å². The Labute approximate surface area is 145 Å². The van der Waals surface area contributed by atoms with Crippen molar-refractivity contribution in [2.24, 2.45) is 0 Å². The average molecular weight is 344 g/mol. The lowest BCUT2D eigenvalue weighted by Crippen LogP contribution is -2.43. The van der Waals surface area contributed by atoms with Gasteiger partial charge in [-0.1, -0.05) is 12.1 Å². The Morgan fingerprint density at radius 3 is 2.83 bits per heavy atom. The van der Waals surface area contributed by atoms with Gasteiger partial charge in [-0.3, -0.25) is 9.59 Å². The molecule has 0 fully saturated rings. The number of ether oxygens (including phenoxy) is 1. The van der Waals surface area contributed by atoms with Crippen molar-refractivity contribution in [3.8, 4) is 5.75 Å². The van der Waals surface area contributed by atoms with E-state index in [-0.39, 0.29) is 18.4 Å². The maximum Gasteiger partial charge on any atom is 0.264 e. The first-order valence-electron chi connectivity index (χ1n) is 7.81. The minimum Gasteiger partial charge on any atom is -0.497 e. The van der Waals surface area contributed by atoms with Crippen molar-refractivity contribution in [2.75, 3.05) is 27.2 Å². The maximum absolute atomic E-state index is 12.6. The summed E-state index contributed by atoms with van der Waals surface area (Å²) in [5.41, 5.74) is 2.36. The van der Waals surface area contributed by atoms with Crippen molar-refractivity contribution in [3.63, 3.8) is 0 Å². The van der Waals surface area contributed by atoms with Gasteiger partial charge < -0.3 is 14.5 Å². The van der Waals surface area contributed by atoms with E-state index in [1.807, 2.05) is 23.6 Å². The Hall–Kier alpha value is -2.34. The number of fused-ring (bicyclic) bond motifs is 1. The van der Waals surface area contributed by atoms with Crippen LogP contribution in [0.25, 0.3) is 0 Å². The first kappa shape index (κ1) is 16.5. The molecule has 1 aliphatic rings. The summed E-state index contributed by atoms with van der Waals surface area (Å²) in [5.74, 6) is 0.654. The molecule has 0 radical (unpaired) electrons. The van der Waals surface area contributed by atoms with E-state index in [0.29, 0.717) is 18.0 Å². The second kappa shape index (κ2) is 7.05. The van der Waals surface area contributed by atoms with Crippen LogP contribution in [0.3, 0.4) is 0 Å². The summed E-state index contributed by atoms with van der Waals surface area (Å²) >= 11 is 1.39. The predicted molar refractivity (Wildman–Crippen MR) is 93.4 cm³/mol. The number of hydrogen-bond acceptors (Lipinski definition) is 4. The van der Waals surface area contributed by atoms with Gasteiger partial charge in [0.25, 0.3) is 5.91 Å². The van der Waals surface area contributed by atoms with E-state index < -0.39 is 0 Å². The highest BCUT2D eigenvalue weighted by molar-refractivity contribution is 7.12. The van der Waals surface area contributed by atoms with E-state index in [4.69, 9.17) is 4.74 Å². The Morgan fingerprint density at radius 2 is 2.12 bits per heavy atom. The second-order valence-electron chi connectivity index (χ2n) is 5.84. The molecular weight excluding hydrogens is 324 g/mol. The van der Waals surface area contributed by atoms with Gasteiger partial charge in [0, 0.05) is 20.1 Å². The van der Waals surface area contributed by atoms with Crippen LogP contribution in [-0.2, 0) is 17.8 Å². The van der Waals surface area contributed by atoms with Crippen molar-refractivity contribution >= 4 is 23.2 Å². The smallest absolute Gasteiger partial charge is 0.264 e. The van der Waals surface area contributed by atoms with Crippen LogP contribution in [0.1, 0.15) is 20.8 Å². The Morgan fingerprint density at radius 1 is 1.29 bits per heavy atom. The predicted octanol–water partition coefficient (Wildman–Crippen LogP) is 2.41.